The third-order valence-corrected chi connectivity index (χ3v) is 2.88. The van der Waals surface area contributed by atoms with Gasteiger partial charge in [0.15, 0.2) is 11.5 Å². The minimum atomic E-state index is 0.106. The highest BCUT2D eigenvalue weighted by atomic mass is 79.9. The van der Waals surface area contributed by atoms with Gasteiger partial charge in [0.1, 0.15) is 0 Å². The number of ether oxygens (including phenoxy) is 2. The summed E-state index contributed by atoms with van der Waals surface area (Å²) < 4.78 is 11.0. The molecular formula is C10H9BrClNO3. The molecule has 86 valence electrons. The zero-order chi connectivity index (χ0) is 12.1. The molecule has 0 aliphatic rings. The first kappa shape index (κ1) is 13.0. The van der Waals surface area contributed by atoms with Crippen molar-refractivity contribution < 1.29 is 14.3 Å². The average molecular weight is 307 g/mol. The Kier molecular flexibility index (Phi) is 4.80. The van der Waals surface area contributed by atoms with Crippen LogP contribution in [0.4, 0.5) is 0 Å². The lowest BCUT2D eigenvalue weighted by atomic mass is 10.2. The average Bonchev–Trinajstić information content (AvgIpc) is 2.27. The van der Waals surface area contributed by atoms with Crippen LogP contribution in [0.15, 0.2) is 15.5 Å². The maximum Gasteiger partial charge on any atom is 0.235 e. The molecule has 0 unspecified atom stereocenters. The molecule has 4 nitrogen and oxygen atoms in total. The lowest BCUT2D eigenvalue weighted by Gasteiger charge is -2.14. The number of halogens is 2. The molecule has 0 heterocycles. The molecule has 0 aliphatic heterocycles. The third kappa shape index (κ3) is 2.55. The third-order valence-electron chi connectivity index (χ3n) is 1.95. The van der Waals surface area contributed by atoms with Crippen molar-refractivity contribution in [3.05, 3.63) is 21.1 Å². The minimum Gasteiger partial charge on any atom is -0.492 e. The summed E-state index contributed by atoms with van der Waals surface area (Å²) in [7, 11) is 3.01. The number of methoxy groups -OCH3 is 2. The van der Waals surface area contributed by atoms with Gasteiger partial charge in [0.2, 0.25) is 6.08 Å². The quantitative estimate of drug-likeness (QED) is 0.635. The van der Waals surface area contributed by atoms with Gasteiger partial charge in [0.25, 0.3) is 0 Å². The molecule has 6 heteroatoms. The maximum atomic E-state index is 10.1. The van der Waals surface area contributed by atoms with Crippen LogP contribution in [0.3, 0.4) is 0 Å². The van der Waals surface area contributed by atoms with Crippen molar-refractivity contribution in [2.45, 2.75) is 6.54 Å². The van der Waals surface area contributed by atoms with Gasteiger partial charge in [0, 0.05) is 5.56 Å². The standard InChI is InChI=1S/C10H9BrClNO3/c1-15-9-6(4-13-5-14)8(12)3-7(11)10(9)16-2/h3H,4H2,1-2H3. The van der Waals surface area contributed by atoms with Crippen molar-refractivity contribution in [2.75, 3.05) is 14.2 Å². The summed E-state index contributed by atoms with van der Waals surface area (Å²) in [5.41, 5.74) is 0.590. The number of hydrogen-bond acceptors (Lipinski definition) is 4. The molecule has 0 saturated heterocycles. The second-order valence-electron chi connectivity index (χ2n) is 2.79. The first-order valence-electron chi connectivity index (χ1n) is 4.28. The summed E-state index contributed by atoms with van der Waals surface area (Å²) in [6.07, 6.45) is 1.46. The van der Waals surface area contributed by atoms with E-state index in [0.717, 1.165) is 0 Å². The van der Waals surface area contributed by atoms with Crippen molar-refractivity contribution in [1.29, 1.82) is 0 Å². The molecule has 1 aromatic carbocycles. The van der Waals surface area contributed by atoms with Gasteiger partial charge in [-0.1, -0.05) is 11.6 Å². The summed E-state index contributed by atoms with van der Waals surface area (Å²) >= 11 is 9.33. The van der Waals surface area contributed by atoms with Crippen molar-refractivity contribution in [3.63, 3.8) is 0 Å². The number of nitrogens with zero attached hydrogens (tertiary/aromatic N) is 1. The van der Waals surface area contributed by atoms with Crippen molar-refractivity contribution >= 4 is 33.6 Å². The fourth-order valence-corrected chi connectivity index (χ4v) is 2.24. The Hall–Kier alpha value is -1.03. The van der Waals surface area contributed by atoms with E-state index in [2.05, 4.69) is 20.9 Å². The second-order valence-corrected chi connectivity index (χ2v) is 4.05. The molecule has 0 bridgehead atoms. The zero-order valence-electron chi connectivity index (χ0n) is 8.71. The van der Waals surface area contributed by atoms with E-state index >= 15 is 0 Å². The Balaban J connectivity index is 3.38. The molecule has 1 aromatic rings. The van der Waals surface area contributed by atoms with E-state index in [9.17, 15) is 4.79 Å². The number of carbonyl (C=O) groups excluding carboxylic acids is 1. The minimum absolute atomic E-state index is 0.106. The van der Waals surface area contributed by atoms with Crippen LogP contribution in [-0.2, 0) is 11.3 Å². The predicted molar refractivity (Wildman–Crippen MR) is 64.1 cm³/mol. The lowest BCUT2D eigenvalue weighted by molar-refractivity contribution is 0.350. The van der Waals surface area contributed by atoms with Gasteiger partial charge in [-0.3, -0.25) is 0 Å². The van der Waals surface area contributed by atoms with Crippen LogP contribution >= 0.6 is 27.5 Å². The van der Waals surface area contributed by atoms with Crippen molar-refractivity contribution in [3.8, 4) is 11.5 Å². The van der Waals surface area contributed by atoms with Gasteiger partial charge in [-0.15, -0.1) is 0 Å². The Morgan fingerprint density at radius 3 is 2.56 bits per heavy atom. The topological polar surface area (TPSA) is 47.9 Å². The first-order chi connectivity index (χ1) is 7.65. The highest BCUT2D eigenvalue weighted by molar-refractivity contribution is 9.10. The molecule has 1 rings (SSSR count). The highest BCUT2D eigenvalue weighted by Crippen LogP contribution is 2.42. The number of rotatable bonds is 4. The van der Waals surface area contributed by atoms with Crippen LogP contribution in [0, 0.1) is 0 Å². The van der Waals surface area contributed by atoms with E-state index in [1.165, 1.54) is 20.3 Å². The molecule has 0 aromatic heterocycles. The van der Waals surface area contributed by atoms with Gasteiger partial charge in [-0.2, -0.15) is 0 Å². The molecule has 0 spiro atoms. The van der Waals surface area contributed by atoms with E-state index < -0.39 is 0 Å². The van der Waals surface area contributed by atoms with Crippen molar-refractivity contribution in [2.24, 2.45) is 4.99 Å². The van der Waals surface area contributed by atoms with E-state index in [0.29, 0.717) is 26.6 Å². The molecule has 0 amide bonds. The molecule has 0 fully saturated rings. The zero-order valence-corrected chi connectivity index (χ0v) is 11.1. The van der Waals surface area contributed by atoms with E-state index in [4.69, 9.17) is 21.1 Å². The maximum absolute atomic E-state index is 10.1. The van der Waals surface area contributed by atoms with E-state index in [1.807, 2.05) is 0 Å². The van der Waals surface area contributed by atoms with Crippen LogP contribution in [-0.4, -0.2) is 20.3 Å². The Labute approximate surface area is 106 Å². The molecule has 0 saturated carbocycles. The van der Waals surface area contributed by atoms with Gasteiger partial charge in [-0.05, 0) is 22.0 Å². The second kappa shape index (κ2) is 5.89. The lowest BCUT2D eigenvalue weighted by Crippen LogP contribution is -1.97. The summed E-state index contributed by atoms with van der Waals surface area (Å²) in [4.78, 5) is 13.6. The van der Waals surface area contributed by atoms with Crippen LogP contribution in [0.5, 0.6) is 11.5 Å². The van der Waals surface area contributed by atoms with Gasteiger partial charge >= 0.3 is 0 Å². The van der Waals surface area contributed by atoms with Gasteiger partial charge in [-0.25, -0.2) is 9.79 Å². The monoisotopic (exact) mass is 305 g/mol. The predicted octanol–water partition coefficient (Wildman–Crippen LogP) is 2.96. The Bertz CT molecular complexity index is 444. The SMILES string of the molecule is COc1c(Br)cc(Cl)c(CN=C=O)c1OC. The normalized spacial score (nSPS) is 9.50. The number of isocyanates is 1. The number of aliphatic imine (C=N–C) groups is 1. The van der Waals surface area contributed by atoms with Crippen LogP contribution in [0.1, 0.15) is 5.56 Å². The Morgan fingerprint density at radius 2 is 2.06 bits per heavy atom. The fourth-order valence-electron chi connectivity index (χ4n) is 1.28. The molecule has 0 aliphatic carbocycles. The first-order valence-corrected chi connectivity index (χ1v) is 5.45. The summed E-state index contributed by atoms with van der Waals surface area (Å²) in [6.45, 7) is 0.106. The molecular weight excluding hydrogens is 297 g/mol. The Morgan fingerprint density at radius 1 is 1.44 bits per heavy atom. The summed E-state index contributed by atoms with van der Waals surface area (Å²) in [5, 5.41) is 0.448. The van der Waals surface area contributed by atoms with Crippen LogP contribution in [0.25, 0.3) is 0 Å². The summed E-state index contributed by atoms with van der Waals surface area (Å²) in [5.74, 6) is 0.976. The summed E-state index contributed by atoms with van der Waals surface area (Å²) in [6, 6.07) is 1.67. The van der Waals surface area contributed by atoms with Crippen LogP contribution < -0.4 is 9.47 Å². The van der Waals surface area contributed by atoms with Gasteiger partial charge < -0.3 is 9.47 Å². The van der Waals surface area contributed by atoms with E-state index in [1.54, 1.807) is 6.07 Å². The largest absolute Gasteiger partial charge is 0.492 e. The number of benzene rings is 1. The molecule has 16 heavy (non-hydrogen) atoms. The van der Waals surface area contributed by atoms with Crippen molar-refractivity contribution in [1.82, 2.24) is 0 Å². The highest BCUT2D eigenvalue weighted by Gasteiger charge is 2.17. The number of hydrogen-bond donors (Lipinski definition) is 0. The van der Waals surface area contributed by atoms with Crippen LogP contribution in [0.2, 0.25) is 5.02 Å². The smallest absolute Gasteiger partial charge is 0.235 e. The van der Waals surface area contributed by atoms with E-state index in [-0.39, 0.29) is 6.54 Å². The molecule has 0 N–H and O–H groups in total. The molecule has 0 atom stereocenters. The van der Waals surface area contributed by atoms with Gasteiger partial charge in [0.05, 0.1) is 30.3 Å². The fraction of sp³-hybridized carbons (Fsp3) is 0.300. The molecule has 0 radical (unpaired) electrons.